The summed E-state index contributed by atoms with van der Waals surface area (Å²) in [5.74, 6) is -9.37. The monoisotopic (exact) mass is 563 g/mol. The molecule has 0 unspecified atom stereocenters. The fourth-order valence-electron chi connectivity index (χ4n) is 6.49. The van der Waals surface area contributed by atoms with Crippen LogP contribution in [0.1, 0.15) is 28.8 Å². The van der Waals surface area contributed by atoms with E-state index >= 15 is 0 Å². The van der Waals surface area contributed by atoms with Gasteiger partial charge in [0.25, 0.3) is 5.91 Å². The summed E-state index contributed by atoms with van der Waals surface area (Å²) in [6.07, 6.45) is -2.52. The van der Waals surface area contributed by atoms with Crippen molar-refractivity contribution in [3.63, 3.8) is 0 Å². The number of rotatable bonds is 4. The van der Waals surface area contributed by atoms with E-state index in [2.05, 4.69) is 5.32 Å². The predicted molar refractivity (Wildman–Crippen MR) is 144 cm³/mol. The van der Waals surface area contributed by atoms with Crippen LogP contribution < -0.4 is 11.1 Å². The fraction of sp³-hybridized carbons (Fsp3) is 0.310. The lowest BCUT2D eigenvalue weighted by molar-refractivity contribution is -0.162. The number of primary amides is 1. The lowest BCUT2D eigenvalue weighted by atomic mass is 9.55. The number of nitrogens with zero attached hydrogens (tertiary/aromatic N) is 1. The van der Waals surface area contributed by atoms with E-state index in [-0.39, 0.29) is 11.3 Å². The first-order chi connectivity index (χ1) is 19.3. The third-order valence-corrected chi connectivity index (χ3v) is 8.23. The summed E-state index contributed by atoms with van der Waals surface area (Å²) in [6.45, 7) is 1.68. The number of carbonyl (C=O) groups excluding carboxylic acids is 4. The zero-order valence-electron chi connectivity index (χ0n) is 22.4. The number of hydrogen-bond donors (Lipinski definition) is 6. The van der Waals surface area contributed by atoms with E-state index in [4.69, 9.17) is 10.5 Å². The Morgan fingerprint density at radius 1 is 1.02 bits per heavy atom. The molecule has 0 bridgehead atoms. The van der Waals surface area contributed by atoms with Crippen molar-refractivity contribution in [2.45, 2.75) is 30.6 Å². The topological polar surface area (TPSA) is 200 Å². The molecule has 12 heteroatoms. The zero-order valence-corrected chi connectivity index (χ0v) is 22.4. The molecule has 0 heterocycles. The van der Waals surface area contributed by atoms with Gasteiger partial charge in [0.2, 0.25) is 5.78 Å². The molecule has 0 fully saturated rings. The second-order valence-electron chi connectivity index (χ2n) is 10.7. The third kappa shape index (κ3) is 3.98. The highest BCUT2D eigenvalue weighted by molar-refractivity contribution is 6.25. The van der Waals surface area contributed by atoms with Crippen LogP contribution in [-0.2, 0) is 14.3 Å². The minimum absolute atomic E-state index is 0.145. The molecule has 0 spiro atoms. The summed E-state index contributed by atoms with van der Waals surface area (Å²) >= 11 is 0. The van der Waals surface area contributed by atoms with Gasteiger partial charge in [-0.25, -0.2) is 4.79 Å². The van der Waals surface area contributed by atoms with Crippen molar-refractivity contribution in [1.29, 1.82) is 0 Å². The van der Waals surface area contributed by atoms with Crippen molar-refractivity contribution in [1.82, 2.24) is 4.90 Å². The predicted octanol–water partition coefficient (Wildman–Crippen LogP) is 1.91. The maximum absolute atomic E-state index is 13.8. The molecule has 0 radical (unpaired) electrons. The number of aliphatic hydroxyl groups is 3. The number of benzene rings is 2. The van der Waals surface area contributed by atoms with Gasteiger partial charge in [-0.15, -0.1) is 0 Å². The number of nitrogens with two attached hydrogens (primary N) is 1. The van der Waals surface area contributed by atoms with E-state index in [0.29, 0.717) is 11.3 Å². The van der Waals surface area contributed by atoms with Crippen molar-refractivity contribution in [3.05, 3.63) is 82.3 Å². The molecular formula is C29H29N3O9. The van der Waals surface area contributed by atoms with Crippen molar-refractivity contribution in [3.8, 4) is 5.75 Å². The second kappa shape index (κ2) is 9.75. The Bertz CT molecular complexity index is 1550. The number of carbonyl (C=O) groups is 4. The molecule has 0 aromatic heterocycles. The SMILES string of the molecule is C[C@@H]1c2cccc(O)c2C(=O)C2=C(O)[C@@]3(O)C(=O)C(C(N)=O)=C(O)[C@@H](N(C)C)[C@H]3[C@H](OC(=O)Nc3ccccc3)[C@H]21. The fourth-order valence-corrected chi connectivity index (χ4v) is 6.49. The van der Waals surface area contributed by atoms with E-state index < -0.39 is 81.7 Å². The molecule has 12 nitrogen and oxygen atoms in total. The van der Waals surface area contributed by atoms with Crippen LogP contribution in [0.15, 0.2) is 71.2 Å². The molecular weight excluding hydrogens is 534 g/mol. The van der Waals surface area contributed by atoms with Gasteiger partial charge in [0.05, 0.1) is 17.5 Å². The molecule has 6 atom stereocenters. The van der Waals surface area contributed by atoms with E-state index in [0.717, 1.165) is 0 Å². The number of ketones is 2. The van der Waals surface area contributed by atoms with Gasteiger partial charge in [0.15, 0.2) is 11.4 Å². The molecule has 41 heavy (non-hydrogen) atoms. The van der Waals surface area contributed by atoms with Crippen LogP contribution in [0.4, 0.5) is 10.5 Å². The second-order valence-corrected chi connectivity index (χ2v) is 10.7. The Balaban J connectivity index is 1.77. The van der Waals surface area contributed by atoms with Gasteiger partial charge in [0.1, 0.15) is 28.9 Å². The zero-order chi connectivity index (χ0) is 30.0. The molecule has 2 aromatic carbocycles. The van der Waals surface area contributed by atoms with Crippen LogP contribution in [0.3, 0.4) is 0 Å². The van der Waals surface area contributed by atoms with E-state index in [9.17, 15) is 39.6 Å². The number of phenolic OH excluding ortho intramolecular Hbond substituents is 1. The van der Waals surface area contributed by atoms with Gasteiger partial charge in [-0.1, -0.05) is 37.3 Å². The summed E-state index contributed by atoms with van der Waals surface area (Å²) in [4.78, 5) is 54.5. The Morgan fingerprint density at radius 3 is 2.29 bits per heavy atom. The number of aliphatic hydroxyl groups excluding tert-OH is 2. The highest BCUT2D eigenvalue weighted by atomic mass is 16.6. The average Bonchev–Trinajstić information content (AvgIpc) is 2.90. The lowest BCUT2D eigenvalue weighted by Gasteiger charge is -2.54. The van der Waals surface area contributed by atoms with Gasteiger partial charge in [0, 0.05) is 17.2 Å². The Hall–Kier alpha value is -4.68. The minimum Gasteiger partial charge on any atom is -0.510 e. The number of Topliss-reactive ketones (excluding diaryl/α,β-unsaturated/α-hetero) is 2. The van der Waals surface area contributed by atoms with Gasteiger partial charge in [-0.2, -0.15) is 0 Å². The normalized spacial score (nSPS) is 29.0. The summed E-state index contributed by atoms with van der Waals surface area (Å²) in [5.41, 5.74) is 1.59. The number of aromatic hydroxyl groups is 1. The molecule has 214 valence electrons. The molecule has 0 aliphatic heterocycles. The van der Waals surface area contributed by atoms with E-state index in [1.165, 1.54) is 31.1 Å². The number of ether oxygens (including phenoxy) is 1. The third-order valence-electron chi connectivity index (χ3n) is 8.23. The molecule has 2 amide bonds. The molecule has 2 aromatic rings. The molecule has 0 saturated heterocycles. The van der Waals surface area contributed by atoms with Crippen LogP contribution >= 0.6 is 0 Å². The lowest BCUT2D eigenvalue weighted by Crippen LogP contribution is -2.69. The number of nitrogens with one attached hydrogen (secondary N) is 1. The van der Waals surface area contributed by atoms with Crippen LogP contribution in [0.25, 0.3) is 0 Å². The van der Waals surface area contributed by atoms with Gasteiger partial charge in [-0.05, 0) is 43.8 Å². The number of fused-ring (bicyclic) bond motifs is 3. The maximum atomic E-state index is 13.8. The standard InChI is InChI=1S/C29H29N3O9/c1-12-14-10-7-11-15(33)17(14)22(34)18-16(12)24(41-28(39)31-13-8-5-4-6-9-13)20-21(32(2)3)23(35)19(27(30)38)26(37)29(20,40)25(18)36/h4-12,16,20-21,24,33,35-36,40H,1-3H3,(H2,30,38)(H,31,39)/t12-,16+,20+,21+,24-,29-/m1/s1. The number of anilines is 1. The van der Waals surface area contributed by atoms with Crippen molar-refractivity contribution < 1.29 is 44.3 Å². The van der Waals surface area contributed by atoms with E-state index in [1.54, 1.807) is 43.3 Å². The quantitative estimate of drug-likeness (QED) is 0.299. The Kier molecular flexibility index (Phi) is 6.63. The van der Waals surface area contributed by atoms with Crippen molar-refractivity contribution in [2.75, 3.05) is 19.4 Å². The summed E-state index contributed by atoms with van der Waals surface area (Å²) in [5, 5.41) is 47.9. The van der Waals surface area contributed by atoms with Crippen LogP contribution in [0.5, 0.6) is 5.75 Å². The number of para-hydroxylation sites is 1. The average molecular weight is 564 g/mol. The maximum Gasteiger partial charge on any atom is 0.411 e. The largest absolute Gasteiger partial charge is 0.510 e. The first kappa shape index (κ1) is 27.9. The van der Waals surface area contributed by atoms with Gasteiger partial charge < -0.3 is 30.9 Å². The highest BCUT2D eigenvalue weighted by Crippen LogP contribution is 2.56. The minimum atomic E-state index is -3.01. The number of phenols is 1. The highest BCUT2D eigenvalue weighted by Gasteiger charge is 2.68. The van der Waals surface area contributed by atoms with Crippen molar-refractivity contribution >= 4 is 29.3 Å². The molecule has 7 N–H and O–H groups in total. The summed E-state index contributed by atoms with van der Waals surface area (Å²) < 4.78 is 5.89. The van der Waals surface area contributed by atoms with Crippen LogP contribution in [-0.4, -0.2) is 80.7 Å². The summed E-state index contributed by atoms with van der Waals surface area (Å²) in [6, 6.07) is 11.3. The number of likely N-dealkylation sites (N-methyl/N-ethyl adjacent to an activating group) is 1. The first-order valence-electron chi connectivity index (χ1n) is 12.8. The number of hydrogen-bond acceptors (Lipinski definition) is 10. The molecule has 5 rings (SSSR count). The molecule has 3 aliphatic rings. The summed E-state index contributed by atoms with van der Waals surface area (Å²) in [7, 11) is 2.96. The van der Waals surface area contributed by atoms with Gasteiger partial charge >= 0.3 is 6.09 Å². The van der Waals surface area contributed by atoms with Crippen LogP contribution in [0.2, 0.25) is 0 Å². The Labute approximate surface area is 234 Å². The first-order valence-corrected chi connectivity index (χ1v) is 12.8. The van der Waals surface area contributed by atoms with E-state index in [1.807, 2.05) is 0 Å². The van der Waals surface area contributed by atoms with Crippen LogP contribution in [0, 0.1) is 11.8 Å². The molecule has 3 aliphatic carbocycles. The van der Waals surface area contributed by atoms with Crippen molar-refractivity contribution in [2.24, 2.45) is 17.6 Å². The smallest absolute Gasteiger partial charge is 0.411 e. The molecule has 0 saturated carbocycles. The Morgan fingerprint density at radius 2 is 1.68 bits per heavy atom. The van der Waals surface area contributed by atoms with Gasteiger partial charge in [-0.3, -0.25) is 24.6 Å². The number of amides is 2.